The molecule has 1 unspecified atom stereocenters. The first-order valence-corrected chi connectivity index (χ1v) is 11.8. The molecule has 0 aromatic heterocycles. The van der Waals surface area contributed by atoms with Gasteiger partial charge >= 0.3 is 0 Å². The monoisotopic (exact) mass is 457 g/mol. The second-order valence-corrected chi connectivity index (χ2v) is 8.43. The van der Waals surface area contributed by atoms with E-state index in [9.17, 15) is 9.18 Å². The summed E-state index contributed by atoms with van der Waals surface area (Å²) in [6.07, 6.45) is 1.78. The van der Waals surface area contributed by atoms with Crippen LogP contribution in [-0.2, 0) is 11.3 Å². The highest BCUT2D eigenvalue weighted by Crippen LogP contribution is 2.31. The second kappa shape index (κ2) is 12.6. The zero-order chi connectivity index (χ0) is 23.6. The number of methoxy groups -OCH3 is 1. The van der Waals surface area contributed by atoms with Gasteiger partial charge in [-0.1, -0.05) is 26.0 Å². The van der Waals surface area contributed by atoms with Crippen molar-refractivity contribution in [1.82, 2.24) is 9.80 Å². The quantitative estimate of drug-likeness (QED) is 0.542. The zero-order valence-corrected chi connectivity index (χ0v) is 20.0. The molecule has 1 aliphatic rings. The summed E-state index contributed by atoms with van der Waals surface area (Å²) in [6.45, 7) is 9.81. The Bertz CT molecular complexity index is 904. The SMILES string of the molecule is CCN(CC)CCOc1cc(NC(=O)C2CCCN(Cc3cccc(F)c3)C2)ccc1OC. The number of carbonyl (C=O) groups excluding carboxylic acids is 1. The molecule has 6 nitrogen and oxygen atoms in total. The summed E-state index contributed by atoms with van der Waals surface area (Å²) < 4.78 is 24.9. The molecule has 1 heterocycles. The number of carbonyl (C=O) groups is 1. The molecule has 0 aliphatic carbocycles. The van der Waals surface area contributed by atoms with E-state index in [0.717, 1.165) is 44.6 Å². The first kappa shape index (κ1) is 25.0. The van der Waals surface area contributed by atoms with Crippen molar-refractivity contribution in [3.05, 3.63) is 53.8 Å². The number of benzene rings is 2. The smallest absolute Gasteiger partial charge is 0.228 e. The van der Waals surface area contributed by atoms with Gasteiger partial charge in [-0.15, -0.1) is 0 Å². The fraction of sp³-hybridized carbons (Fsp3) is 0.500. The molecule has 7 heteroatoms. The van der Waals surface area contributed by atoms with Gasteiger partial charge in [0.2, 0.25) is 5.91 Å². The van der Waals surface area contributed by atoms with Gasteiger partial charge in [0.15, 0.2) is 11.5 Å². The molecule has 1 amide bonds. The first-order chi connectivity index (χ1) is 16.0. The summed E-state index contributed by atoms with van der Waals surface area (Å²) in [7, 11) is 1.61. The lowest BCUT2D eigenvalue weighted by Gasteiger charge is -2.32. The molecule has 1 saturated heterocycles. The van der Waals surface area contributed by atoms with Crippen LogP contribution in [0.3, 0.4) is 0 Å². The van der Waals surface area contributed by atoms with E-state index in [1.807, 2.05) is 24.3 Å². The predicted octanol–water partition coefficient (Wildman–Crippen LogP) is 4.41. The Morgan fingerprint density at radius 1 is 1.18 bits per heavy atom. The molecule has 180 valence electrons. The van der Waals surface area contributed by atoms with Gasteiger partial charge in [0.25, 0.3) is 0 Å². The Labute approximate surface area is 196 Å². The average molecular weight is 458 g/mol. The standard InChI is InChI=1S/C26H36FN3O3/c1-4-29(5-2)14-15-33-25-17-23(11-12-24(25)32-3)28-26(31)21-9-7-13-30(19-21)18-20-8-6-10-22(27)16-20/h6,8,10-12,16-17,21H,4-5,7,9,13-15,18-19H2,1-3H3,(H,28,31). The Hall–Kier alpha value is -2.64. The third kappa shape index (κ3) is 7.44. The summed E-state index contributed by atoms with van der Waals surface area (Å²) in [5, 5.41) is 3.05. The van der Waals surface area contributed by atoms with Crippen LogP contribution in [0.15, 0.2) is 42.5 Å². The maximum Gasteiger partial charge on any atom is 0.228 e. The lowest BCUT2D eigenvalue weighted by molar-refractivity contribution is -0.121. The van der Waals surface area contributed by atoms with Gasteiger partial charge in [-0.3, -0.25) is 9.69 Å². The zero-order valence-electron chi connectivity index (χ0n) is 20.0. The lowest BCUT2D eigenvalue weighted by atomic mass is 9.96. The highest BCUT2D eigenvalue weighted by atomic mass is 19.1. The van der Waals surface area contributed by atoms with Crippen LogP contribution in [-0.4, -0.2) is 62.1 Å². The molecule has 0 bridgehead atoms. The molecule has 0 spiro atoms. The second-order valence-electron chi connectivity index (χ2n) is 8.43. The molecule has 2 aromatic carbocycles. The van der Waals surface area contributed by atoms with Crippen molar-refractivity contribution in [2.24, 2.45) is 5.92 Å². The van der Waals surface area contributed by atoms with Gasteiger partial charge in [0.1, 0.15) is 12.4 Å². The van der Waals surface area contributed by atoms with Crippen LogP contribution in [0.25, 0.3) is 0 Å². The summed E-state index contributed by atoms with van der Waals surface area (Å²) in [5.41, 5.74) is 1.62. The van der Waals surface area contributed by atoms with Crippen LogP contribution in [0.5, 0.6) is 11.5 Å². The van der Waals surface area contributed by atoms with E-state index >= 15 is 0 Å². The largest absolute Gasteiger partial charge is 0.493 e. The Morgan fingerprint density at radius 3 is 2.73 bits per heavy atom. The molecule has 1 fully saturated rings. The maximum atomic E-state index is 13.5. The van der Waals surface area contributed by atoms with Gasteiger partial charge in [0.05, 0.1) is 13.0 Å². The third-order valence-electron chi connectivity index (χ3n) is 6.16. The van der Waals surface area contributed by atoms with Gasteiger partial charge in [0, 0.05) is 31.4 Å². The number of likely N-dealkylation sites (N-methyl/N-ethyl adjacent to an activating group) is 1. The van der Waals surface area contributed by atoms with Gasteiger partial charge < -0.3 is 19.7 Å². The number of nitrogens with one attached hydrogen (secondary N) is 1. The molecule has 0 radical (unpaired) electrons. The van der Waals surface area contributed by atoms with Gasteiger partial charge in [-0.2, -0.15) is 0 Å². The number of likely N-dealkylation sites (tertiary alicyclic amines) is 1. The number of rotatable bonds is 11. The predicted molar refractivity (Wildman–Crippen MR) is 129 cm³/mol. The van der Waals surface area contributed by atoms with Crippen molar-refractivity contribution in [2.45, 2.75) is 33.2 Å². The number of amides is 1. The van der Waals surface area contributed by atoms with Crippen molar-refractivity contribution in [2.75, 3.05) is 51.8 Å². The van der Waals surface area contributed by atoms with E-state index in [-0.39, 0.29) is 17.6 Å². The van der Waals surface area contributed by atoms with E-state index in [2.05, 4.69) is 29.0 Å². The highest BCUT2D eigenvalue weighted by Gasteiger charge is 2.26. The Kier molecular flexibility index (Phi) is 9.51. The minimum Gasteiger partial charge on any atom is -0.493 e. The minimum absolute atomic E-state index is 0.00167. The van der Waals surface area contributed by atoms with Crippen LogP contribution < -0.4 is 14.8 Å². The van der Waals surface area contributed by atoms with E-state index in [1.54, 1.807) is 19.2 Å². The topological polar surface area (TPSA) is 54.0 Å². The molecule has 3 rings (SSSR count). The van der Waals surface area contributed by atoms with Crippen molar-refractivity contribution in [1.29, 1.82) is 0 Å². The number of halogens is 1. The normalized spacial score (nSPS) is 16.6. The van der Waals surface area contributed by atoms with Crippen LogP contribution in [0.1, 0.15) is 32.3 Å². The van der Waals surface area contributed by atoms with E-state index in [0.29, 0.717) is 36.9 Å². The average Bonchev–Trinajstić information content (AvgIpc) is 2.82. The summed E-state index contributed by atoms with van der Waals surface area (Å²) >= 11 is 0. The van der Waals surface area contributed by atoms with Crippen LogP contribution in [0.4, 0.5) is 10.1 Å². The number of ether oxygens (including phenoxy) is 2. The molecule has 1 aliphatic heterocycles. The van der Waals surface area contributed by atoms with Gasteiger partial charge in [-0.25, -0.2) is 4.39 Å². The minimum atomic E-state index is -0.228. The molecule has 2 aromatic rings. The lowest BCUT2D eigenvalue weighted by Crippen LogP contribution is -2.40. The van der Waals surface area contributed by atoms with Crippen LogP contribution in [0, 0.1) is 11.7 Å². The first-order valence-electron chi connectivity index (χ1n) is 11.8. The Morgan fingerprint density at radius 2 is 2.00 bits per heavy atom. The molecule has 1 N–H and O–H groups in total. The van der Waals surface area contributed by atoms with E-state index in [1.165, 1.54) is 6.07 Å². The van der Waals surface area contributed by atoms with Crippen LogP contribution in [0.2, 0.25) is 0 Å². The molecular weight excluding hydrogens is 421 g/mol. The number of hydrogen-bond donors (Lipinski definition) is 1. The fourth-order valence-corrected chi connectivity index (χ4v) is 4.24. The van der Waals surface area contributed by atoms with E-state index < -0.39 is 0 Å². The molecule has 33 heavy (non-hydrogen) atoms. The number of anilines is 1. The van der Waals surface area contributed by atoms with Crippen molar-refractivity contribution >= 4 is 11.6 Å². The fourth-order valence-electron chi connectivity index (χ4n) is 4.24. The number of piperidine rings is 1. The van der Waals surface area contributed by atoms with Crippen molar-refractivity contribution in [3.63, 3.8) is 0 Å². The highest BCUT2D eigenvalue weighted by molar-refractivity contribution is 5.93. The number of nitrogens with zero attached hydrogens (tertiary/aromatic N) is 2. The molecular formula is C26H36FN3O3. The van der Waals surface area contributed by atoms with Crippen LogP contribution >= 0.6 is 0 Å². The molecule has 1 atom stereocenters. The van der Waals surface area contributed by atoms with Crippen molar-refractivity contribution in [3.8, 4) is 11.5 Å². The third-order valence-corrected chi connectivity index (χ3v) is 6.16. The summed E-state index contributed by atoms with van der Waals surface area (Å²) in [5.74, 6) is 0.929. The Balaban J connectivity index is 1.58. The number of hydrogen-bond acceptors (Lipinski definition) is 5. The van der Waals surface area contributed by atoms with Gasteiger partial charge in [-0.05, 0) is 62.3 Å². The summed E-state index contributed by atoms with van der Waals surface area (Å²) in [6, 6.07) is 12.1. The van der Waals surface area contributed by atoms with Crippen molar-refractivity contribution < 1.29 is 18.7 Å². The van der Waals surface area contributed by atoms with E-state index in [4.69, 9.17) is 9.47 Å². The summed E-state index contributed by atoms with van der Waals surface area (Å²) in [4.78, 5) is 17.5. The maximum absolute atomic E-state index is 13.5. The molecule has 0 saturated carbocycles.